The molecule has 0 saturated carbocycles. The van der Waals surface area contributed by atoms with E-state index in [0.717, 1.165) is 34.9 Å². The summed E-state index contributed by atoms with van der Waals surface area (Å²) < 4.78 is 0. The van der Waals surface area contributed by atoms with Crippen LogP contribution in [0.25, 0.3) is 50.2 Å². The van der Waals surface area contributed by atoms with Crippen molar-refractivity contribution in [3.8, 4) is 33.4 Å². The first kappa shape index (κ1) is 36.0. The SMILES string of the molecule is CC1CC=Cc2cc(N(c3ccccc3)c3ccc(-c4ccc(-c5ccc(-c6ccc(N(c7ccccc7)c7ccc8ccccc8c7)cc6)cc5)cc4)cc3)ccc21. The highest BCUT2D eigenvalue weighted by Crippen LogP contribution is 2.40. The molecule has 0 N–H and O–H groups in total. The second-order valence-electron chi connectivity index (χ2n) is 15.5. The Balaban J connectivity index is 0.864. The van der Waals surface area contributed by atoms with Crippen LogP contribution in [0, 0.1) is 0 Å². The van der Waals surface area contributed by atoms with Crippen LogP contribution in [0.2, 0.25) is 0 Å². The van der Waals surface area contributed by atoms with Gasteiger partial charge in [-0.25, -0.2) is 0 Å². The lowest BCUT2D eigenvalue weighted by molar-refractivity contribution is 0.772. The maximum Gasteiger partial charge on any atom is 0.0468 e. The minimum Gasteiger partial charge on any atom is -0.310 e. The summed E-state index contributed by atoms with van der Waals surface area (Å²) in [5.41, 5.74) is 16.8. The van der Waals surface area contributed by atoms with Gasteiger partial charge in [-0.2, -0.15) is 0 Å². The maximum absolute atomic E-state index is 2.35. The second-order valence-corrected chi connectivity index (χ2v) is 15.5. The molecule has 282 valence electrons. The summed E-state index contributed by atoms with van der Waals surface area (Å²) in [7, 11) is 0. The standard InChI is InChI=1S/C57H44N2/c1-41-11-10-14-50-40-56(37-38-57(41)50)59(52-17-6-3-7-18-52)54-34-29-48(30-35-54)46-25-21-44(22-26-46)43-19-23-45(24-20-43)47-27-32-53(33-28-47)58(51-15-4-2-5-16-51)55-36-31-42-12-8-9-13-49(42)39-55/h2-10,12-41H,11H2,1H3. The number of benzene rings is 9. The van der Waals surface area contributed by atoms with Crippen molar-refractivity contribution in [2.75, 3.05) is 9.80 Å². The molecular weight excluding hydrogens is 713 g/mol. The van der Waals surface area contributed by atoms with Gasteiger partial charge in [-0.15, -0.1) is 0 Å². The average Bonchev–Trinajstić information content (AvgIpc) is 3.31. The highest BCUT2D eigenvalue weighted by molar-refractivity contribution is 5.89. The monoisotopic (exact) mass is 756 g/mol. The van der Waals surface area contributed by atoms with Crippen LogP contribution in [0.1, 0.15) is 30.4 Å². The fourth-order valence-corrected chi connectivity index (χ4v) is 8.50. The van der Waals surface area contributed by atoms with Gasteiger partial charge in [0.15, 0.2) is 0 Å². The van der Waals surface area contributed by atoms with Gasteiger partial charge >= 0.3 is 0 Å². The molecule has 0 aliphatic heterocycles. The molecule has 0 amide bonds. The molecule has 9 aromatic rings. The number of hydrogen-bond donors (Lipinski definition) is 0. The van der Waals surface area contributed by atoms with E-state index in [4.69, 9.17) is 0 Å². The molecule has 0 saturated heterocycles. The van der Waals surface area contributed by atoms with Gasteiger partial charge in [-0.3, -0.25) is 0 Å². The zero-order chi connectivity index (χ0) is 39.5. The molecule has 0 radical (unpaired) electrons. The zero-order valence-electron chi connectivity index (χ0n) is 33.1. The molecular formula is C57H44N2. The van der Waals surface area contributed by atoms with Crippen molar-refractivity contribution < 1.29 is 0 Å². The number of anilines is 6. The highest BCUT2D eigenvalue weighted by Gasteiger charge is 2.18. The van der Waals surface area contributed by atoms with Gasteiger partial charge in [0.2, 0.25) is 0 Å². The van der Waals surface area contributed by atoms with E-state index in [-0.39, 0.29) is 0 Å². The molecule has 10 rings (SSSR count). The second kappa shape index (κ2) is 15.8. The van der Waals surface area contributed by atoms with Gasteiger partial charge in [-0.05, 0) is 140 Å². The van der Waals surface area contributed by atoms with Crippen LogP contribution < -0.4 is 9.80 Å². The van der Waals surface area contributed by atoms with Crippen molar-refractivity contribution in [3.05, 3.63) is 236 Å². The minimum atomic E-state index is 0.545. The van der Waals surface area contributed by atoms with E-state index in [1.165, 1.54) is 61.0 Å². The van der Waals surface area contributed by atoms with E-state index in [0.29, 0.717) is 5.92 Å². The van der Waals surface area contributed by atoms with Crippen LogP contribution in [-0.4, -0.2) is 0 Å². The Kier molecular flexibility index (Phi) is 9.66. The van der Waals surface area contributed by atoms with Gasteiger partial charge in [0.05, 0.1) is 0 Å². The molecule has 0 fully saturated rings. The van der Waals surface area contributed by atoms with E-state index in [9.17, 15) is 0 Å². The van der Waals surface area contributed by atoms with E-state index in [1.807, 2.05) is 0 Å². The molecule has 59 heavy (non-hydrogen) atoms. The van der Waals surface area contributed by atoms with E-state index in [1.54, 1.807) is 0 Å². The van der Waals surface area contributed by atoms with Gasteiger partial charge in [0.1, 0.15) is 0 Å². The third-order valence-corrected chi connectivity index (χ3v) is 11.7. The van der Waals surface area contributed by atoms with E-state index < -0.39 is 0 Å². The highest BCUT2D eigenvalue weighted by atomic mass is 15.1. The number of allylic oxidation sites excluding steroid dienone is 1. The van der Waals surface area contributed by atoms with E-state index >= 15 is 0 Å². The molecule has 1 aliphatic rings. The van der Waals surface area contributed by atoms with Crippen molar-refractivity contribution >= 4 is 51.0 Å². The molecule has 1 atom stereocenters. The van der Waals surface area contributed by atoms with Gasteiger partial charge in [0.25, 0.3) is 0 Å². The minimum absolute atomic E-state index is 0.545. The van der Waals surface area contributed by atoms with Crippen molar-refractivity contribution in [2.45, 2.75) is 19.3 Å². The van der Waals surface area contributed by atoms with Crippen LogP contribution in [0.15, 0.2) is 224 Å². The Morgan fingerprint density at radius 2 is 0.712 bits per heavy atom. The van der Waals surface area contributed by atoms with Crippen LogP contribution in [0.4, 0.5) is 34.1 Å². The van der Waals surface area contributed by atoms with Crippen molar-refractivity contribution in [2.24, 2.45) is 0 Å². The first-order valence-corrected chi connectivity index (χ1v) is 20.6. The summed E-state index contributed by atoms with van der Waals surface area (Å²) in [6, 6.07) is 79.1. The Morgan fingerprint density at radius 3 is 1.20 bits per heavy atom. The molecule has 9 aromatic carbocycles. The largest absolute Gasteiger partial charge is 0.310 e. The number of rotatable bonds is 9. The number of hydrogen-bond acceptors (Lipinski definition) is 2. The lowest BCUT2D eigenvalue weighted by Crippen LogP contribution is -2.11. The van der Waals surface area contributed by atoms with Crippen LogP contribution in [0.3, 0.4) is 0 Å². The first-order valence-electron chi connectivity index (χ1n) is 20.6. The smallest absolute Gasteiger partial charge is 0.0468 e. The molecule has 0 aromatic heterocycles. The average molecular weight is 757 g/mol. The fourth-order valence-electron chi connectivity index (χ4n) is 8.50. The van der Waals surface area contributed by atoms with Crippen LogP contribution >= 0.6 is 0 Å². The third-order valence-electron chi connectivity index (χ3n) is 11.7. The summed E-state index contributed by atoms with van der Waals surface area (Å²) in [6.07, 6.45) is 5.67. The van der Waals surface area contributed by atoms with Gasteiger partial charge < -0.3 is 9.80 Å². The molecule has 0 heterocycles. The summed E-state index contributed by atoms with van der Waals surface area (Å²) in [4.78, 5) is 4.68. The summed E-state index contributed by atoms with van der Waals surface area (Å²) in [6.45, 7) is 2.31. The Labute approximate surface area is 347 Å². The quantitative estimate of drug-likeness (QED) is 0.145. The Morgan fingerprint density at radius 1 is 0.339 bits per heavy atom. The molecule has 0 spiro atoms. The zero-order valence-corrected chi connectivity index (χ0v) is 33.1. The number of fused-ring (bicyclic) bond motifs is 2. The normalized spacial score (nSPS) is 13.2. The van der Waals surface area contributed by atoms with Gasteiger partial charge in [-0.1, -0.05) is 165 Å². The predicted molar refractivity (Wildman–Crippen MR) is 252 cm³/mol. The topological polar surface area (TPSA) is 6.48 Å². The summed E-state index contributed by atoms with van der Waals surface area (Å²) in [5, 5.41) is 2.47. The summed E-state index contributed by atoms with van der Waals surface area (Å²) >= 11 is 0. The summed E-state index contributed by atoms with van der Waals surface area (Å²) in [5.74, 6) is 0.545. The lowest BCUT2D eigenvalue weighted by atomic mass is 9.88. The fraction of sp³-hybridized carbons (Fsp3) is 0.0526. The predicted octanol–water partition coefficient (Wildman–Crippen LogP) is 16.3. The molecule has 1 aliphatic carbocycles. The van der Waals surface area contributed by atoms with Crippen LogP contribution in [0.5, 0.6) is 0 Å². The Bertz CT molecular complexity index is 2880. The van der Waals surface area contributed by atoms with Crippen LogP contribution in [-0.2, 0) is 0 Å². The number of para-hydroxylation sites is 2. The Hall–Kier alpha value is -7.42. The maximum atomic E-state index is 2.35. The lowest BCUT2D eigenvalue weighted by Gasteiger charge is -2.27. The number of nitrogens with zero attached hydrogens (tertiary/aromatic N) is 2. The third kappa shape index (κ3) is 7.33. The van der Waals surface area contributed by atoms with E-state index in [2.05, 4.69) is 247 Å². The molecule has 0 bridgehead atoms. The molecule has 2 nitrogen and oxygen atoms in total. The van der Waals surface area contributed by atoms with Gasteiger partial charge in [0, 0.05) is 34.1 Å². The molecule has 2 heteroatoms. The molecule has 1 unspecified atom stereocenters. The van der Waals surface area contributed by atoms with Crippen molar-refractivity contribution in [1.29, 1.82) is 0 Å². The van der Waals surface area contributed by atoms with Crippen molar-refractivity contribution in [3.63, 3.8) is 0 Å². The first-order chi connectivity index (χ1) is 29.1. The van der Waals surface area contributed by atoms with Crippen molar-refractivity contribution in [1.82, 2.24) is 0 Å².